The van der Waals surface area contributed by atoms with Crippen LogP contribution in [-0.2, 0) is 6.54 Å². The van der Waals surface area contributed by atoms with Crippen molar-refractivity contribution in [2.24, 2.45) is 0 Å². The fraction of sp³-hybridized carbons (Fsp3) is 0.500. The molecule has 0 bridgehead atoms. The molecule has 0 unspecified atom stereocenters. The van der Waals surface area contributed by atoms with Gasteiger partial charge in [-0.1, -0.05) is 25.5 Å². The molecule has 0 atom stereocenters. The average molecular weight is 193 g/mol. The zero-order valence-corrected chi connectivity index (χ0v) is 9.05. The smallest absolute Gasteiger partial charge is 0.118 e. The first-order valence-corrected chi connectivity index (χ1v) is 5.20. The number of rotatable bonds is 6. The van der Waals surface area contributed by atoms with Crippen molar-refractivity contribution >= 4 is 0 Å². The Bertz CT molecular complexity index is 243. The van der Waals surface area contributed by atoms with Crippen LogP contribution in [0.4, 0.5) is 0 Å². The van der Waals surface area contributed by atoms with Crippen LogP contribution in [0.15, 0.2) is 24.3 Å². The molecule has 1 aromatic carbocycles. The van der Waals surface area contributed by atoms with E-state index in [1.165, 1.54) is 18.4 Å². The monoisotopic (exact) mass is 193 g/mol. The number of benzene rings is 1. The maximum atomic E-state index is 5.09. The summed E-state index contributed by atoms with van der Waals surface area (Å²) >= 11 is 0. The third kappa shape index (κ3) is 3.79. The number of hydrogen-bond acceptors (Lipinski definition) is 2. The molecule has 2 heteroatoms. The van der Waals surface area contributed by atoms with Crippen molar-refractivity contribution in [3.63, 3.8) is 0 Å². The highest BCUT2D eigenvalue weighted by molar-refractivity contribution is 5.26. The SMILES string of the molecule is CCCCNCc1ccc(OC)cc1. The molecule has 0 saturated carbocycles. The highest BCUT2D eigenvalue weighted by Crippen LogP contribution is 2.10. The fourth-order valence-corrected chi connectivity index (χ4v) is 1.28. The van der Waals surface area contributed by atoms with E-state index in [0.29, 0.717) is 0 Å². The molecule has 0 heterocycles. The number of hydrogen-bond donors (Lipinski definition) is 1. The Labute approximate surface area is 86.3 Å². The second-order valence-electron chi connectivity index (χ2n) is 3.38. The van der Waals surface area contributed by atoms with Gasteiger partial charge in [0.1, 0.15) is 5.75 Å². The van der Waals surface area contributed by atoms with Crippen LogP contribution in [-0.4, -0.2) is 13.7 Å². The first-order chi connectivity index (χ1) is 6.86. The van der Waals surface area contributed by atoms with Gasteiger partial charge in [-0.15, -0.1) is 0 Å². The Morgan fingerprint density at radius 1 is 1.21 bits per heavy atom. The fourth-order valence-electron chi connectivity index (χ4n) is 1.28. The second-order valence-corrected chi connectivity index (χ2v) is 3.38. The summed E-state index contributed by atoms with van der Waals surface area (Å²) in [5.41, 5.74) is 1.31. The lowest BCUT2D eigenvalue weighted by atomic mass is 10.2. The molecular formula is C12H19NO. The Hall–Kier alpha value is -1.02. The summed E-state index contributed by atoms with van der Waals surface area (Å²) in [6, 6.07) is 8.18. The van der Waals surface area contributed by atoms with Crippen LogP contribution < -0.4 is 10.1 Å². The number of ether oxygens (including phenoxy) is 1. The Morgan fingerprint density at radius 3 is 2.50 bits per heavy atom. The molecule has 0 aliphatic carbocycles. The van der Waals surface area contributed by atoms with Crippen LogP contribution in [0.1, 0.15) is 25.3 Å². The molecule has 0 aliphatic heterocycles. The topological polar surface area (TPSA) is 21.3 Å². The molecule has 14 heavy (non-hydrogen) atoms. The van der Waals surface area contributed by atoms with Crippen LogP contribution in [0.5, 0.6) is 5.75 Å². The second kappa shape index (κ2) is 6.44. The highest BCUT2D eigenvalue weighted by Gasteiger charge is 1.93. The molecule has 1 aromatic rings. The molecule has 0 radical (unpaired) electrons. The van der Waals surface area contributed by atoms with Gasteiger partial charge in [-0.05, 0) is 30.7 Å². The molecule has 0 spiro atoms. The van der Waals surface area contributed by atoms with E-state index in [1.807, 2.05) is 12.1 Å². The van der Waals surface area contributed by atoms with Gasteiger partial charge in [0.05, 0.1) is 7.11 Å². The zero-order chi connectivity index (χ0) is 10.2. The predicted octanol–water partition coefficient (Wildman–Crippen LogP) is 2.58. The Kier molecular flexibility index (Phi) is 5.08. The molecular weight excluding hydrogens is 174 g/mol. The minimum absolute atomic E-state index is 0.919. The summed E-state index contributed by atoms with van der Waals surface area (Å²) in [6.07, 6.45) is 2.49. The van der Waals surface area contributed by atoms with Crippen molar-refractivity contribution in [1.82, 2.24) is 5.32 Å². The standard InChI is InChI=1S/C12H19NO/c1-3-4-9-13-10-11-5-7-12(14-2)8-6-11/h5-8,13H,3-4,9-10H2,1-2H3. The molecule has 1 rings (SSSR count). The van der Waals surface area contributed by atoms with Crippen molar-refractivity contribution in [1.29, 1.82) is 0 Å². The van der Waals surface area contributed by atoms with E-state index in [-0.39, 0.29) is 0 Å². The molecule has 0 aliphatic rings. The van der Waals surface area contributed by atoms with Gasteiger partial charge in [-0.25, -0.2) is 0 Å². The first kappa shape index (κ1) is 11.1. The predicted molar refractivity (Wildman–Crippen MR) is 59.6 cm³/mol. The van der Waals surface area contributed by atoms with E-state index in [2.05, 4.69) is 24.4 Å². The number of nitrogens with one attached hydrogen (secondary N) is 1. The van der Waals surface area contributed by atoms with E-state index in [0.717, 1.165) is 18.8 Å². The highest BCUT2D eigenvalue weighted by atomic mass is 16.5. The van der Waals surface area contributed by atoms with Gasteiger partial charge in [0, 0.05) is 6.54 Å². The van der Waals surface area contributed by atoms with E-state index >= 15 is 0 Å². The summed E-state index contributed by atoms with van der Waals surface area (Å²) < 4.78 is 5.09. The molecule has 78 valence electrons. The van der Waals surface area contributed by atoms with E-state index in [9.17, 15) is 0 Å². The lowest BCUT2D eigenvalue weighted by Gasteiger charge is -2.04. The van der Waals surface area contributed by atoms with Crippen LogP contribution in [0, 0.1) is 0 Å². The van der Waals surface area contributed by atoms with E-state index in [1.54, 1.807) is 7.11 Å². The maximum absolute atomic E-state index is 5.09. The third-order valence-corrected chi connectivity index (χ3v) is 2.20. The van der Waals surface area contributed by atoms with Gasteiger partial charge < -0.3 is 10.1 Å². The van der Waals surface area contributed by atoms with Crippen molar-refractivity contribution in [3.05, 3.63) is 29.8 Å². The Morgan fingerprint density at radius 2 is 1.93 bits per heavy atom. The van der Waals surface area contributed by atoms with Crippen LogP contribution in [0.25, 0.3) is 0 Å². The Balaban J connectivity index is 2.29. The summed E-state index contributed by atoms with van der Waals surface area (Å²) in [7, 11) is 1.69. The molecule has 2 nitrogen and oxygen atoms in total. The van der Waals surface area contributed by atoms with Crippen molar-refractivity contribution in [2.75, 3.05) is 13.7 Å². The van der Waals surface area contributed by atoms with Gasteiger partial charge in [-0.3, -0.25) is 0 Å². The van der Waals surface area contributed by atoms with Crippen LogP contribution in [0.2, 0.25) is 0 Å². The number of unbranched alkanes of at least 4 members (excludes halogenated alkanes) is 1. The lowest BCUT2D eigenvalue weighted by molar-refractivity contribution is 0.414. The van der Waals surface area contributed by atoms with Crippen LogP contribution in [0.3, 0.4) is 0 Å². The van der Waals surface area contributed by atoms with E-state index < -0.39 is 0 Å². The van der Waals surface area contributed by atoms with E-state index in [4.69, 9.17) is 4.74 Å². The molecule has 0 saturated heterocycles. The summed E-state index contributed by atoms with van der Waals surface area (Å²) in [4.78, 5) is 0. The van der Waals surface area contributed by atoms with Crippen molar-refractivity contribution in [3.8, 4) is 5.75 Å². The summed E-state index contributed by atoms with van der Waals surface area (Å²) in [5, 5.41) is 3.40. The molecule has 0 amide bonds. The molecule has 0 fully saturated rings. The molecule has 0 aromatic heterocycles. The minimum atomic E-state index is 0.919. The lowest BCUT2D eigenvalue weighted by Crippen LogP contribution is -2.14. The van der Waals surface area contributed by atoms with Crippen LogP contribution >= 0.6 is 0 Å². The van der Waals surface area contributed by atoms with Gasteiger partial charge in [0.25, 0.3) is 0 Å². The third-order valence-electron chi connectivity index (χ3n) is 2.20. The quantitative estimate of drug-likeness (QED) is 0.701. The van der Waals surface area contributed by atoms with Crippen molar-refractivity contribution < 1.29 is 4.74 Å². The molecule has 1 N–H and O–H groups in total. The van der Waals surface area contributed by atoms with Crippen molar-refractivity contribution in [2.45, 2.75) is 26.3 Å². The normalized spacial score (nSPS) is 10.1. The maximum Gasteiger partial charge on any atom is 0.118 e. The number of methoxy groups -OCH3 is 1. The largest absolute Gasteiger partial charge is 0.497 e. The zero-order valence-electron chi connectivity index (χ0n) is 9.05. The van der Waals surface area contributed by atoms with Gasteiger partial charge in [0.15, 0.2) is 0 Å². The summed E-state index contributed by atoms with van der Waals surface area (Å²) in [5.74, 6) is 0.919. The first-order valence-electron chi connectivity index (χ1n) is 5.20. The van der Waals surface area contributed by atoms with Gasteiger partial charge in [0.2, 0.25) is 0 Å². The minimum Gasteiger partial charge on any atom is -0.497 e. The van der Waals surface area contributed by atoms with Gasteiger partial charge >= 0.3 is 0 Å². The summed E-state index contributed by atoms with van der Waals surface area (Å²) in [6.45, 7) is 4.25. The van der Waals surface area contributed by atoms with Gasteiger partial charge in [-0.2, -0.15) is 0 Å². The average Bonchev–Trinajstić information content (AvgIpc) is 2.25.